The van der Waals surface area contributed by atoms with Crippen molar-refractivity contribution in [3.05, 3.63) is 81.9 Å². The number of rotatable bonds is 4. The van der Waals surface area contributed by atoms with Gasteiger partial charge in [0.2, 0.25) is 5.71 Å². The summed E-state index contributed by atoms with van der Waals surface area (Å²) in [5, 5.41) is 0.687. The van der Waals surface area contributed by atoms with Crippen molar-refractivity contribution in [1.82, 2.24) is 0 Å². The number of nitrogens with zero attached hydrogens (tertiary/aromatic N) is 2. The van der Waals surface area contributed by atoms with Crippen LogP contribution < -0.4 is 14.2 Å². The molecule has 32 heavy (non-hydrogen) atoms. The van der Waals surface area contributed by atoms with Crippen molar-refractivity contribution in [2.75, 3.05) is 34.4 Å². The molecule has 2 aliphatic heterocycles. The van der Waals surface area contributed by atoms with Crippen LogP contribution in [0.4, 0.5) is 5.69 Å². The van der Waals surface area contributed by atoms with E-state index in [4.69, 9.17) is 30.8 Å². The van der Waals surface area contributed by atoms with Gasteiger partial charge < -0.3 is 14.2 Å². The van der Waals surface area contributed by atoms with E-state index in [0.717, 1.165) is 58.3 Å². The smallest absolute Gasteiger partial charge is 0.217 e. The Kier molecular flexibility index (Phi) is 5.35. The van der Waals surface area contributed by atoms with Crippen molar-refractivity contribution in [2.24, 2.45) is 4.99 Å². The molecule has 0 fully saturated rings. The lowest BCUT2D eigenvalue weighted by molar-refractivity contribution is -0.512. The molecule has 3 aromatic carbocycles. The van der Waals surface area contributed by atoms with Crippen LogP contribution in [0.3, 0.4) is 0 Å². The summed E-state index contributed by atoms with van der Waals surface area (Å²) in [7, 11) is 5.01. The molecule has 0 amide bonds. The Morgan fingerprint density at radius 2 is 1.59 bits per heavy atom. The first-order valence-corrected chi connectivity index (χ1v) is 10.9. The average molecular weight is 448 g/mol. The van der Waals surface area contributed by atoms with Crippen molar-refractivity contribution < 1.29 is 18.8 Å². The molecule has 0 N–H and O–H groups in total. The molecule has 0 atom stereocenters. The van der Waals surface area contributed by atoms with Gasteiger partial charge in [-0.05, 0) is 60.2 Å². The summed E-state index contributed by atoms with van der Waals surface area (Å²) in [6, 6.07) is 18.1. The molecule has 5 nitrogen and oxygen atoms in total. The van der Waals surface area contributed by atoms with E-state index in [2.05, 4.69) is 28.8 Å². The van der Waals surface area contributed by atoms with Crippen LogP contribution in [-0.4, -0.2) is 50.4 Å². The molecule has 3 aromatic rings. The maximum Gasteiger partial charge on any atom is 0.217 e. The fourth-order valence-corrected chi connectivity index (χ4v) is 4.63. The van der Waals surface area contributed by atoms with Gasteiger partial charge in [-0.3, -0.25) is 0 Å². The van der Waals surface area contributed by atoms with Gasteiger partial charge in [-0.25, -0.2) is 9.57 Å². The van der Waals surface area contributed by atoms with Crippen molar-refractivity contribution >= 4 is 28.7 Å². The molecule has 6 heteroatoms. The molecule has 0 unspecified atom stereocenters. The number of benzene rings is 3. The standard InChI is InChI=1S/C26H24ClN2O3/c1-30-19-7-4-16(5-8-19)23-15-29-11-10-17-12-24(31-2)25(32-3)14-20(17)26(29)21-13-18(27)6-9-22(21)28-23/h4-9,12-14H,10-11,15H2,1-3H3/q+1. The first kappa shape index (κ1) is 20.6. The Labute approximate surface area is 192 Å². The normalized spacial score (nSPS) is 14.6. The van der Waals surface area contributed by atoms with Gasteiger partial charge in [0.25, 0.3) is 0 Å². The van der Waals surface area contributed by atoms with Crippen molar-refractivity contribution in [2.45, 2.75) is 6.42 Å². The van der Waals surface area contributed by atoms with E-state index in [1.54, 1.807) is 21.3 Å². The van der Waals surface area contributed by atoms with Gasteiger partial charge in [0.05, 0.1) is 38.1 Å². The lowest BCUT2D eigenvalue weighted by atomic mass is 9.91. The van der Waals surface area contributed by atoms with Gasteiger partial charge in [-0.15, -0.1) is 0 Å². The van der Waals surface area contributed by atoms with Crippen molar-refractivity contribution in [3.63, 3.8) is 0 Å². The first-order valence-electron chi connectivity index (χ1n) is 10.5. The van der Waals surface area contributed by atoms with Gasteiger partial charge >= 0.3 is 0 Å². The number of methoxy groups -OCH3 is 3. The Bertz CT molecular complexity index is 1260. The van der Waals surface area contributed by atoms with E-state index in [1.807, 2.05) is 30.3 Å². The fraction of sp³-hybridized carbons (Fsp3) is 0.231. The Morgan fingerprint density at radius 1 is 0.844 bits per heavy atom. The number of ether oxygens (including phenoxy) is 3. The van der Waals surface area contributed by atoms with Gasteiger partial charge in [0.15, 0.2) is 18.0 Å². The summed E-state index contributed by atoms with van der Waals surface area (Å²) >= 11 is 6.44. The third-order valence-electron chi connectivity index (χ3n) is 6.06. The minimum atomic E-state index is 0.687. The molecule has 5 rings (SSSR count). The van der Waals surface area contributed by atoms with Crippen LogP contribution in [0.15, 0.2) is 59.6 Å². The molecule has 162 valence electrons. The van der Waals surface area contributed by atoms with Gasteiger partial charge in [0, 0.05) is 17.0 Å². The molecular formula is C26H24ClN2O3+. The van der Waals surface area contributed by atoms with Crippen LogP contribution in [0, 0.1) is 0 Å². The topological polar surface area (TPSA) is 43.1 Å². The lowest BCUT2D eigenvalue weighted by Crippen LogP contribution is -2.33. The summed E-state index contributed by atoms with van der Waals surface area (Å²) < 4.78 is 18.9. The summed E-state index contributed by atoms with van der Waals surface area (Å²) in [4.78, 5) is 5.08. The zero-order chi connectivity index (χ0) is 22.2. The van der Waals surface area contributed by atoms with Crippen LogP contribution in [0.2, 0.25) is 5.02 Å². The molecule has 2 aliphatic rings. The second-order valence-corrected chi connectivity index (χ2v) is 8.27. The van der Waals surface area contributed by atoms with E-state index in [0.29, 0.717) is 17.3 Å². The Morgan fingerprint density at radius 3 is 2.31 bits per heavy atom. The lowest BCUT2D eigenvalue weighted by Gasteiger charge is -2.20. The quantitative estimate of drug-likeness (QED) is 0.534. The van der Waals surface area contributed by atoms with Crippen LogP contribution in [0.1, 0.15) is 22.3 Å². The maximum atomic E-state index is 6.44. The Hall–Kier alpha value is -3.31. The van der Waals surface area contributed by atoms with E-state index in [-0.39, 0.29) is 0 Å². The number of fused-ring (bicyclic) bond motifs is 4. The number of hydrogen-bond donors (Lipinski definition) is 0. The highest BCUT2D eigenvalue weighted by Gasteiger charge is 2.33. The predicted octanol–water partition coefficient (Wildman–Crippen LogP) is 4.91. The van der Waals surface area contributed by atoms with E-state index < -0.39 is 0 Å². The molecule has 2 heterocycles. The molecule has 0 saturated carbocycles. The maximum absolute atomic E-state index is 6.44. The average Bonchev–Trinajstić information content (AvgIpc) is 2.99. The Balaban J connectivity index is 1.71. The molecule has 0 saturated heterocycles. The molecular weight excluding hydrogens is 424 g/mol. The van der Waals surface area contributed by atoms with E-state index in [9.17, 15) is 0 Å². The molecule has 0 bridgehead atoms. The van der Waals surface area contributed by atoms with E-state index in [1.165, 1.54) is 5.56 Å². The number of aliphatic imine (C=N–C) groups is 1. The second kappa shape index (κ2) is 8.32. The van der Waals surface area contributed by atoms with Crippen LogP contribution in [-0.2, 0) is 6.42 Å². The van der Waals surface area contributed by atoms with Crippen LogP contribution >= 0.6 is 11.6 Å². The third-order valence-corrected chi connectivity index (χ3v) is 6.30. The molecule has 0 aromatic heterocycles. The van der Waals surface area contributed by atoms with Crippen molar-refractivity contribution in [1.29, 1.82) is 0 Å². The first-order chi connectivity index (χ1) is 15.6. The third kappa shape index (κ3) is 3.53. The predicted molar refractivity (Wildman–Crippen MR) is 127 cm³/mol. The van der Waals surface area contributed by atoms with Gasteiger partial charge in [-0.1, -0.05) is 11.6 Å². The highest BCUT2D eigenvalue weighted by Crippen LogP contribution is 2.37. The van der Waals surface area contributed by atoms with Crippen molar-refractivity contribution in [3.8, 4) is 17.2 Å². The van der Waals surface area contributed by atoms with Crippen LogP contribution in [0.5, 0.6) is 17.2 Å². The zero-order valence-electron chi connectivity index (χ0n) is 18.3. The van der Waals surface area contributed by atoms with Gasteiger partial charge in [0.1, 0.15) is 18.0 Å². The summed E-state index contributed by atoms with van der Waals surface area (Å²) in [5.41, 5.74) is 7.49. The SMILES string of the molecule is COc1ccc(C2=Nc3ccc(Cl)cc3C3=[N+](CCc4cc(OC)c(OC)cc43)C2)cc1. The fourth-order valence-electron chi connectivity index (χ4n) is 4.46. The number of hydrogen-bond acceptors (Lipinski definition) is 4. The summed E-state index contributed by atoms with van der Waals surface area (Å²) in [5.74, 6) is 2.29. The highest BCUT2D eigenvalue weighted by atomic mass is 35.5. The van der Waals surface area contributed by atoms with Gasteiger partial charge in [-0.2, -0.15) is 0 Å². The highest BCUT2D eigenvalue weighted by molar-refractivity contribution is 6.31. The van der Waals surface area contributed by atoms with E-state index >= 15 is 0 Å². The molecule has 0 aliphatic carbocycles. The number of halogens is 1. The zero-order valence-corrected chi connectivity index (χ0v) is 19.1. The molecule has 0 radical (unpaired) electrons. The summed E-state index contributed by atoms with van der Waals surface area (Å²) in [6.07, 6.45) is 0.908. The minimum absolute atomic E-state index is 0.687. The monoisotopic (exact) mass is 447 g/mol. The largest absolute Gasteiger partial charge is 0.497 e. The second-order valence-electron chi connectivity index (χ2n) is 7.83. The summed E-state index contributed by atoms with van der Waals surface area (Å²) in [6.45, 7) is 1.57. The van der Waals surface area contributed by atoms with Crippen LogP contribution in [0.25, 0.3) is 0 Å². The molecule has 0 spiro atoms. The minimum Gasteiger partial charge on any atom is -0.497 e.